The van der Waals surface area contributed by atoms with Crippen LogP contribution in [0.3, 0.4) is 0 Å². The van der Waals surface area contributed by atoms with Crippen molar-refractivity contribution in [2.75, 3.05) is 13.2 Å². The van der Waals surface area contributed by atoms with Gasteiger partial charge in [0, 0.05) is 23.7 Å². The number of halogens is 1. The number of hydrogen-bond donors (Lipinski definition) is 1. The van der Waals surface area contributed by atoms with Crippen LogP contribution in [0, 0.1) is 0 Å². The lowest BCUT2D eigenvalue weighted by Gasteiger charge is -2.22. The Labute approximate surface area is 124 Å². The molecule has 1 aromatic rings. The van der Waals surface area contributed by atoms with Crippen molar-refractivity contribution in [1.82, 2.24) is 5.32 Å². The highest BCUT2D eigenvalue weighted by Crippen LogP contribution is 2.32. The summed E-state index contributed by atoms with van der Waals surface area (Å²) in [6.07, 6.45) is 6.75. The van der Waals surface area contributed by atoms with Gasteiger partial charge in [0.05, 0.1) is 6.10 Å². The summed E-state index contributed by atoms with van der Waals surface area (Å²) < 4.78 is 7.06. The highest BCUT2D eigenvalue weighted by Gasteiger charge is 2.26. The molecular weight excluding hydrogens is 302 g/mol. The van der Waals surface area contributed by atoms with Crippen LogP contribution in [0.1, 0.15) is 43.6 Å². The summed E-state index contributed by atoms with van der Waals surface area (Å²) in [7, 11) is 0. The van der Waals surface area contributed by atoms with Crippen LogP contribution in [0.4, 0.5) is 0 Å². The van der Waals surface area contributed by atoms with Crippen LogP contribution in [0.15, 0.2) is 28.7 Å². The molecule has 2 fully saturated rings. The highest BCUT2D eigenvalue weighted by atomic mass is 79.9. The van der Waals surface area contributed by atoms with E-state index in [1.165, 1.54) is 35.7 Å². The Kier molecular flexibility index (Phi) is 4.57. The lowest BCUT2D eigenvalue weighted by molar-refractivity contribution is 0.0976. The van der Waals surface area contributed by atoms with E-state index in [4.69, 9.17) is 4.74 Å². The van der Waals surface area contributed by atoms with Crippen molar-refractivity contribution in [1.29, 1.82) is 0 Å². The third-order valence-electron chi connectivity index (χ3n) is 4.15. The van der Waals surface area contributed by atoms with Gasteiger partial charge >= 0.3 is 0 Å². The number of rotatable bonds is 6. The molecule has 0 radical (unpaired) electrons. The van der Waals surface area contributed by atoms with Gasteiger partial charge in [-0.15, -0.1) is 0 Å². The first-order chi connectivity index (χ1) is 9.33. The molecule has 2 nitrogen and oxygen atoms in total. The predicted octanol–water partition coefficient (Wildman–Crippen LogP) is 3.85. The molecule has 0 bridgehead atoms. The second-order valence-electron chi connectivity index (χ2n) is 5.77. The average Bonchev–Trinajstić information content (AvgIpc) is 3.11. The summed E-state index contributed by atoms with van der Waals surface area (Å²) in [5.74, 6) is 0.555. The fourth-order valence-corrected chi connectivity index (χ4v) is 3.48. The maximum atomic E-state index is 5.82. The monoisotopic (exact) mass is 323 g/mol. The van der Waals surface area contributed by atoms with E-state index in [0.717, 1.165) is 25.6 Å². The third-order valence-corrected chi connectivity index (χ3v) is 4.87. The number of benzene rings is 1. The molecule has 1 saturated heterocycles. The zero-order chi connectivity index (χ0) is 13.1. The molecule has 1 N–H and O–H groups in total. The minimum Gasteiger partial charge on any atom is -0.378 e. The van der Waals surface area contributed by atoms with E-state index in [2.05, 4.69) is 45.5 Å². The molecule has 0 spiro atoms. The summed E-state index contributed by atoms with van der Waals surface area (Å²) in [5.41, 5.74) is 1.42. The summed E-state index contributed by atoms with van der Waals surface area (Å²) in [6, 6.07) is 9.40. The van der Waals surface area contributed by atoms with Crippen molar-refractivity contribution >= 4 is 15.9 Å². The van der Waals surface area contributed by atoms with Crippen LogP contribution in [-0.4, -0.2) is 25.3 Å². The molecule has 1 aliphatic carbocycles. The van der Waals surface area contributed by atoms with Crippen molar-refractivity contribution in [2.45, 2.75) is 50.2 Å². The van der Waals surface area contributed by atoms with Gasteiger partial charge in [-0.05, 0) is 49.7 Å². The minimum absolute atomic E-state index is 0.457. The van der Waals surface area contributed by atoms with Crippen LogP contribution >= 0.6 is 15.9 Å². The van der Waals surface area contributed by atoms with E-state index in [1.807, 2.05) is 0 Å². The van der Waals surface area contributed by atoms with Crippen molar-refractivity contribution in [3.63, 3.8) is 0 Å². The summed E-state index contributed by atoms with van der Waals surface area (Å²) >= 11 is 3.70. The van der Waals surface area contributed by atoms with Gasteiger partial charge in [-0.1, -0.05) is 34.1 Å². The Morgan fingerprint density at radius 2 is 2.11 bits per heavy atom. The van der Waals surface area contributed by atoms with Crippen LogP contribution in [0.5, 0.6) is 0 Å². The standard InChI is InChI=1S/C16H22BrNO/c17-16-6-2-1-5-15(16)12(11-18-13-7-8-13)10-14-4-3-9-19-14/h1-2,5-6,12-14,18H,3-4,7-11H2. The lowest BCUT2D eigenvalue weighted by Crippen LogP contribution is -2.26. The van der Waals surface area contributed by atoms with Crippen LogP contribution in [0.25, 0.3) is 0 Å². The Bertz CT molecular complexity index is 413. The molecule has 1 aromatic carbocycles. The molecule has 1 aliphatic heterocycles. The fraction of sp³-hybridized carbons (Fsp3) is 0.625. The summed E-state index contributed by atoms with van der Waals surface area (Å²) in [4.78, 5) is 0. The minimum atomic E-state index is 0.457. The van der Waals surface area contributed by atoms with Crippen LogP contribution in [0.2, 0.25) is 0 Å². The van der Waals surface area contributed by atoms with Crippen molar-refractivity contribution in [3.05, 3.63) is 34.3 Å². The Morgan fingerprint density at radius 1 is 1.26 bits per heavy atom. The summed E-state index contributed by atoms with van der Waals surface area (Å²) in [6.45, 7) is 2.02. The van der Waals surface area contributed by atoms with Crippen molar-refractivity contribution in [3.8, 4) is 0 Å². The molecule has 104 valence electrons. The van der Waals surface area contributed by atoms with E-state index in [9.17, 15) is 0 Å². The normalized spacial score (nSPS) is 24.6. The average molecular weight is 324 g/mol. The molecule has 1 heterocycles. The summed E-state index contributed by atoms with van der Waals surface area (Å²) in [5, 5.41) is 3.68. The van der Waals surface area contributed by atoms with Crippen LogP contribution < -0.4 is 5.32 Å². The zero-order valence-electron chi connectivity index (χ0n) is 11.3. The largest absolute Gasteiger partial charge is 0.378 e. The number of ether oxygens (including phenoxy) is 1. The third kappa shape index (κ3) is 3.80. The fourth-order valence-electron chi connectivity index (χ4n) is 2.87. The lowest BCUT2D eigenvalue weighted by atomic mass is 9.92. The SMILES string of the molecule is Brc1ccccc1C(CNC1CC1)CC1CCCO1. The first-order valence-electron chi connectivity index (χ1n) is 7.42. The molecule has 2 atom stereocenters. The zero-order valence-corrected chi connectivity index (χ0v) is 12.9. The van der Waals surface area contributed by atoms with Crippen molar-refractivity contribution < 1.29 is 4.74 Å². The molecule has 2 aliphatic rings. The van der Waals surface area contributed by atoms with Crippen molar-refractivity contribution in [2.24, 2.45) is 0 Å². The molecule has 0 aromatic heterocycles. The Morgan fingerprint density at radius 3 is 2.79 bits per heavy atom. The van der Waals surface area contributed by atoms with E-state index < -0.39 is 0 Å². The quantitative estimate of drug-likeness (QED) is 0.858. The van der Waals surface area contributed by atoms with Gasteiger partial charge in [0.2, 0.25) is 0 Å². The Hall–Kier alpha value is -0.380. The van der Waals surface area contributed by atoms with E-state index in [1.54, 1.807) is 0 Å². The van der Waals surface area contributed by atoms with Gasteiger partial charge in [0.15, 0.2) is 0 Å². The van der Waals surface area contributed by atoms with E-state index in [-0.39, 0.29) is 0 Å². The molecule has 3 heteroatoms. The van der Waals surface area contributed by atoms with Gasteiger partial charge in [-0.25, -0.2) is 0 Å². The topological polar surface area (TPSA) is 21.3 Å². The first-order valence-corrected chi connectivity index (χ1v) is 8.21. The first kappa shape index (κ1) is 13.6. The van der Waals surface area contributed by atoms with E-state index in [0.29, 0.717) is 12.0 Å². The molecule has 19 heavy (non-hydrogen) atoms. The van der Waals surface area contributed by atoms with E-state index >= 15 is 0 Å². The van der Waals surface area contributed by atoms with Gasteiger partial charge < -0.3 is 10.1 Å². The molecule has 0 amide bonds. The van der Waals surface area contributed by atoms with Gasteiger partial charge in [-0.3, -0.25) is 0 Å². The number of hydrogen-bond acceptors (Lipinski definition) is 2. The maximum Gasteiger partial charge on any atom is 0.0582 e. The number of nitrogens with one attached hydrogen (secondary N) is 1. The molecule has 2 unspecified atom stereocenters. The van der Waals surface area contributed by atoms with Gasteiger partial charge in [-0.2, -0.15) is 0 Å². The second-order valence-corrected chi connectivity index (χ2v) is 6.63. The smallest absolute Gasteiger partial charge is 0.0582 e. The van der Waals surface area contributed by atoms with Gasteiger partial charge in [0.1, 0.15) is 0 Å². The molecule has 3 rings (SSSR count). The second kappa shape index (κ2) is 6.38. The van der Waals surface area contributed by atoms with Crippen LogP contribution in [-0.2, 0) is 4.74 Å². The predicted molar refractivity (Wildman–Crippen MR) is 81.5 cm³/mol. The molecule has 1 saturated carbocycles. The maximum absolute atomic E-state index is 5.82. The highest BCUT2D eigenvalue weighted by molar-refractivity contribution is 9.10. The van der Waals surface area contributed by atoms with Gasteiger partial charge in [0.25, 0.3) is 0 Å². The molecular formula is C16H22BrNO. The Balaban J connectivity index is 1.68.